The molecule has 212 valence electrons. The lowest BCUT2D eigenvalue weighted by Gasteiger charge is -2.43. The molecule has 1 aliphatic rings. The standard InChI is InChI=1S/C31H39N5O4/c1-5-23-20-35(31(38)25-11-9-21(3)18-28(25)39-4)16-17-36(23)27-12-10-22(19-26(27)29(37)33-15-13-32)24-8-7-14-34-30(24)40-6-2/h7-12,14,18-19,23H,5-6,13,15-17,20,32H2,1-4H3,(H,33,37)/t23-/m1/s1. The number of anilines is 1. The fourth-order valence-electron chi connectivity index (χ4n) is 5.13. The van der Waals surface area contributed by atoms with E-state index in [1.165, 1.54) is 0 Å². The van der Waals surface area contributed by atoms with Gasteiger partial charge in [-0.25, -0.2) is 4.98 Å². The van der Waals surface area contributed by atoms with Gasteiger partial charge < -0.3 is 30.3 Å². The summed E-state index contributed by atoms with van der Waals surface area (Å²) in [5, 5.41) is 2.93. The van der Waals surface area contributed by atoms with Gasteiger partial charge in [0.15, 0.2) is 0 Å². The maximum atomic E-state index is 13.5. The summed E-state index contributed by atoms with van der Waals surface area (Å²) in [6, 6.07) is 15.3. The largest absolute Gasteiger partial charge is 0.496 e. The Hall–Kier alpha value is -4.11. The van der Waals surface area contributed by atoms with Crippen molar-refractivity contribution in [3.63, 3.8) is 0 Å². The second-order valence-corrected chi connectivity index (χ2v) is 9.78. The van der Waals surface area contributed by atoms with Gasteiger partial charge in [-0.1, -0.05) is 19.1 Å². The highest BCUT2D eigenvalue weighted by Crippen LogP contribution is 2.34. The Balaban J connectivity index is 1.66. The Bertz CT molecular complexity index is 1350. The Morgan fingerprint density at radius 3 is 2.65 bits per heavy atom. The lowest BCUT2D eigenvalue weighted by atomic mass is 9.99. The highest BCUT2D eigenvalue weighted by molar-refractivity contribution is 6.01. The fraction of sp³-hybridized carbons (Fsp3) is 0.387. The van der Waals surface area contributed by atoms with Crippen molar-refractivity contribution in [1.29, 1.82) is 0 Å². The summed E-state index contributed by atoms with van der Waals surface area (Å²) in [7, 11) is 1.59. The number of benzene rings is 2. The van der Waals surface area contributed by atoms with Crippen molar-refractivity contribution in [2.24, 2.45) is 5.73 Å². The van der Waals surface area contributed by atoms with Gasteiger partial charge in [-0.15, -0.1) is 0 Å². The molecule has 0 saturated carbocycles. The van der Waals surface area contributed by atoms with Crippen molar-refractivity contribution in [2.45, 2.75) is 33.2 Å². The summed E-state index contributed by atoms with van der Waals surface area (Å²) in [6.45, 7) is 8.84. The van der Waals surface area contributed by atoms with Crippen molar-refractivity contribution in [3.8, 4) is 22.8 Å². The molecule has 4 rings (SSSR count). The molecule has 1 atom stereocenters. The minimum atomic E-state index is -0.193. The van der Waals surface area contributed by atoms with E-state index in [0.717, 1.165) is 28.8 Å². The molecule has 1 fully saturated rings. The topological polar surface area (TPSA) is 110 Å². The van der Waals surface area contributed by atoms with Crippen LogP contribution in [-0.4, -0.2) is 74.2 Å². The number of carbonyl (C=O) groups excluding carboxylic acids is 2. The zero-order valence-corrected chi connectivity index (χ0v) is 23.8. The SMILES string of the molecule is CCOc1ncccc1-c1ccc(N2CCN(C(=O)c3ccc(C)cc3OC)C[C@H]2CC)c(C(=O)NCCN)c1. The third-order valence-electron chi connectivity index (χ3n) is 7.17. The summed E-state index contributed by atoms with van der Waals surface area (Å²) in [5.41, 5.74) is 10.3. The average Bonchev–Trinajstić information content (AvgIpc) is 2.99. The monoisotopic (exact) mass is 545 g/mol. The molecule has 2 amide bonds. The first-order chi connectivity index (χ1) is 19.4. The van der Waals surface area contributed by atoms with Crippen molar-refractivity contribution in [3.05, 3.63) is 71.4 Å². The molecule has 9 nitrogen and oxygen atoms in total. The number of rotatable bonds is 10. The van der Waals surface area contributed by atoms with Gasteiger partial charge in [0, 0.05) is 56.2 Å². The van der Waals surface area contributed by atoms with Crippen molar-refractivity contribution < 1.29 is 19.1 Å². The van der Waals surface area contributed by atoms with Crippen LogP contribution in [0.1, 0.15) is 46.5 Å². The number of carbonyl (C=O) groups is 2. The second-order valence-electron chi connectivity index (χ2n) is 9.78. The van der Waals surface area contributed by atoms with E-state index < -0.39 is 0 Å². The van der Waals surface area contributed by atoms with E-state index in [0.29, 0.717) is 62.1 Å². The number of aryl methyl sites for hydroxylation is 1. The molecule has 0 bridgehead atoms. The molecule has 9 heteroatoms. The first-order valence-corrected chi connectivity index (χ1v) is 13.8. The van der Waals surface area contributed by atoms with Crippen LogP contribution in [0.2, 0.25) is 0 Å². The van der Waals surface area contributed by atoms with E-state index in [1.54, 1.807) is 13.3 Å². The molecule has 0 radical (unpaired) electrons. The van der Waals surface area contributed by atoms with Crippen LogP contribution in [0.25, 0.3) is 11.1 Å². The smallest absolute Gasteiger partial charge is 0.257 e. The van der Waals surface area contributed by atoms with Crippen LogP contribution >= 0.6 is 0 Å². The number of methoxy groups -OCH3 is 1. The predicted octanol–water partition coefficient (Wildman–Crippen LogP) is 3.89. The van der Waals surface area contributed by atoms with E-state index in [2.05, 4.69) is 22.1 Å². The fourth-order valence-corrected chi connectivity index (χ4v) is 5.13. The van der Waals surface area contributed by atoms with E-state index in [1.807, 2.05) is 67.3 Å². The average molecular weight is 546 g/mol. The van der Waals surface area contributed by atoms with Crippen molar-refractivity contribution >= 4 is 17.5 Å². The van der Waals surface area contributed by atoms with Crippen LogP contribution in [0.5, 0.6) is 11.6 Å². The maximum absolute atomic E-state index is 13.5. The van der Waals surface area contributed by atoms with Crippen LogP contribution < -0.4 is 25.4 Å². The molecule has 1 aliphatic heterocycles. The molecule has 3 N–H and O–H groups in total. The minimum absolute atomic E-state index is 0.0263. The zero-order valence-electron chi connectivity index (χ0n) is 23.8. The Morgan fingerprint density at radius 2 is 1.93 bits per heavy atom. The predicted molar refractivity (Wildman–Crippen MR) is 157 cm³/mol. The molecule has 1 saturated heterocycles. The Morgan fingerprint density at radius 1 is 1.10 bits per heavy atom. The summed E-state index contributed by atoms with van der Waals surface area (Å²) >= 11 is 0. The van der Waals surface area contributed by atoms with E-state index in [9.17, 15) is 9.59 Å². The number of aromatic nitrogens is 1. The van der Waals surface area contributed by atoms with Gasteiger partial charge in [0.1, 0.15) is 5.75 Å². The molecular weight excluding hydrogens is 506 g/mol. The molecule has 0 aliphatic carbocycles. The quantitative estimate of drug-likeness (QED) is 0.398. The maximum Gasteiger partial charge on any atom is 0.257 e. The minimum Gasteiger partial charge on any atom is -0.496 e. The summed E-state index contributed by atoms with van der Waals surface area (Å²) in [4.78, 5) is 35.4. The number of hydrogen-bond donors (Lipinski definition) is 2. The van der Waals surface area contributed by atoms with E-state index in [-0.39, 0.29) is 17.9 Å². The number of pyridine rings is 1. The Labute approximate surface area is 236 Å². The highest BCUT2D eigenvalue weighted by Gasteiger charge is 2.32. The molecule has 1 aromatic heterocycles. The Kier molecular flexibility index (Phi) is 9.60. The van der Waals surface area contributed by atoms with Gasteiger partial charge in [-0.3, -0.25) is 9.59 Å². The van der Waals surface area contributed by atoms with Gasteiger partial charge in [-0.2, -0.15) is 0 Å². The van der Waals surface area contributed by atoms with Crippen LogP contribution in [0.15, 0.2) is 54.7 Å². The molecule has 40 heavy (non-hydrogen) atoms. The van der Waals surface area contributed by atoms with Gasteiger partial charge in [0.05, 0.1) is 24.8 Å². The van der Waals surface area contributed by atoms with Gasteiger partial charge in [0.2, 0.25) is 5.88 Å². The summed E-state index contributed by atoms with van der Waals surface area (Å²) in [6.07, 6.45) is 2.49. The number of nitrogens with two attached hydrogens (primary N) is 1. The number of nitrogens with one attached hydrogen (secondary N) is 1. The number of hydrogen-bond acceptors (Lipinski definition) is 7. The van der Waals surface area contributed by atoms with Crippen LogP contribution in [0, 0.1) is 6.92 Å². The third kappa shape index (κ3) is 6.20. The molecule has 2 heterocycles. The van der Waals surface area contributed by atoms with Gasteiger partial charge >= 0.3 is 0 Å². The number of piperazine rings is 1. The summed E-state index contributed by atoms with van der Waals surface area (Å²) < 4.78 is 11.2. The lowest BCUT2D eigenvalue weighted by molar-refractivity contribution is 0.0716. The van der Waals surface area contributed by atoms with Crippen LogP contribution in [-0.2, 0) is 0 Å². The van der Waals surface area contributed by atoms with Gasteiger partial charge in [0.25, 0.3) is 11.8 Å². The molecule has 0 unspecified atom stereocenters. The second kappa shape index (κ2) is 13.3. The van der Waals surface area contributed by atoms with E-state index in [4.69, 9.17) is 15.2 Å². The number of nitrogens with zero attached hydrogens (tertiary/aromatic N) is 3. The molecule has 3 aromatic rings. The third-order valence-corrected chi connectivity index (χ3v) is 7.17. The number of amides is 2. The zero-order chi connectivity index (χ0) is 28.6. The molecular formula is C31H39N5O4. The van der Waals surface area contributed by atoms with Crippen molar-refractivity contribution in [1.82, 2.24) is 15.2 Å². The summed E-state index contributed by atoms with van der Waals surface area (Å²) in [5.74, 6) is 0.862. The van der Waals surface area contributed by atoms with Crippen molar-refractivity contribution in [2.75, 3.05) is 51.3 Å². The van der Waals surface area contributed by atoms with E-state index >= 15 is 0 Å². The highest BCUT2D eigenvalue weighted by atomic mass is 16.5. The first-order valence-electron chi connectivity index (χ1n) is 13.8. The van der Waals surface area contributed by atoms with Gasteiger partial charge in [-0.05, 0) is 67.8 Å². The van der Waals surface area contributed by atoms with Crippen LogP contribution in [0.4, 0.5) is 5.69 Å². The number of ether oxygens (including phenoxy) is 2. The molecule has 2 aromatic carbocycles. The lowest BCUT2D eigenvalue weighted by Crippen LogP contribution is -2.55. The van der Waals surface area contributed by atoms with Crippen LogP contribution in [0.3, 0.4) is 0 Å². The first kappa shape index (κ1) is 28.9. The molecule has 0 spiro atoms. The normalized spacial score (nSPS) is 15.1.